The van der Waals surface area contributed by atoms with E-state index in [0.717, 1.165) is 5.56 Å². The largest absolute Gasteiger partial charge is 0.389 e. The highest BCUT2D eigenvalue weighted by molar-refractivity contribution is 5.17. The Bertz CT molecular complexity index is 321. The predicted octanol–water partition coefficient (Wildman–Crippen LogP) is 3.93. The molecule has 0 aliphatic rings. The number of benzene rings is 1. The molecule has 1 aromatic carbocycles. The van der Waals surface area contributed by atoms with Gasteiger partial charge in [-0.3, -0.25) is 0 Å². The first-order chi connectivity index (χ1) is 7.88. The Labute approximate surface area is 100 Å². The zero-order chi connectivity index (χ0) is 12.9. The lowest BCUT2D eigenvalue weighted by Crippen LogP contribution is -2.27. The van der Waals surface area contributed by atoms with Gasteiger partial charge in [0.25, 0.3) is 0 Å². The van der Waals surface area contributed by atoms with Gasteiger partial charge in [-0.05, 0) is 24.9 Å². The van der Waals surface area contributed by atoms with E-state index in [1.165, 1.54) is 0 Å². The van der Waals surface area contributed by atoms with Crippen molar-refractivity contribution in [3.63, 3.8) is 0 Å². The van der Waals surface area contributed by atoms with Crippen LogP contribution in [0.4, 0.5) is 13.2 Å². The maximum atomic E-state index is 12.1. The van der Waals surface area contributed by atoms with Gasteiger partial charge in [-0.25, -0.2) is 0 Å². The molecule has 1 rings (SSSR count). The van der Waals surface area contributed by atoms with Crippen molar-refractivity contribution < 1.29 is 13.2 Å². The SMILES string of the molecule is CC(CNC(C)c1ccccc1)CC(F)(F)F. The van der Waals surface area contributed by atoms with E-state index in [9.17, 15) is 13.2 Å². The molecule has 0 radical (unpaired) electrons. The Morgan fingerprint density at radius 1 is 1.12 bits per heavy atom. The second-order valence-corrected chi connectivity index (χ2v) is 4.47. The molecule has 0 aromatic heterocycles. The molecule has 4 heteroatoms. The van der Waals surface area contributed by atoms with E-state index < -0.39 is 18.5 Å². The molecule has 0 heterocycles. The Hall–Kier alpha value is -1.03. The smallest absolute Gasteiger partial charge is 0.310 e. The molecule has 2 unspecified atom stereocenters. The van der Waals surface area contributed by atoms with Crippen molar-refractivity contribution in [3.8, 4) is 0 Å². The van der Waals surface area contributed by atoms with E-state index in [2.05, 4.69) is 5.32 Å². The van der Waals surface area contributed by atoms with E-state index in [1.807, 2.05) is 37.3 Å². The molecule has 1 N–H and O–H groups in total. The number of hydrogen-bond acceptors (Lipinski definition) is 1. The fourth-order valence-electron chi connectivity index (χ4n) is 1.70. The van der Waals surface area contributed by atoms with Gasteiger partial charge in [0.15, 0.2) is 0 Å². The third-order valence-electron chi connectivity index (χ3n) is 2.65. The second-order valence-electron chi connectivity index (χ2n) is 4.47. The summed E-state index contributed by atoms with van der Waals surface area (Å²) in [6, 6.07) is 9.77. The zero-order valence-electron chi connectivity index (χ0n) is 10.1. The van der Waals surface area contributed by atoms with Crippen molar-refractivity contribution >= 4 is 0 Å². The average Bonchev–Trinajstić information content (AvgIpc) is 2.25. The van der Waals surface area contributed by atoms with Gasteiger partial charge >= 0.3 is 6.18 Å². The van der Waals surface area contributed by atoms with Crippen LogP contribution in [0.25, 0.3) is 0 Å². The molecule has 17 heavy (non-hydrogen) atoms. The zero-order valence-corrected chi connectivity index (χ0v) is 10.1. The van der Waals surface area contributed by atoms with Crippen LogP contribution in [0.2, 0.25) is 0 Å². The highest BCUT2D eigenvalue weighted by Crippen LogP contribution is 2.24. The van der Waals surface area contributed by atoms with Gasteiger partial charge in [-0.2, -0.15) is 13.2 Å². The topological polar surface area (TPSA) is 12.0 Å². The van der Waals surface area contributed by atoms with Crippen LogP contribution in [0.5, 0.6) is 0 Å². The maximum absolute atomic E-state index is 12.1. The highest BCUT2D eigenvalue weighted by atomic mass is 19.4. The minimum absolute atomic E-state index is 0.0758. The van der Waals surface area contributed by atoms with Gasteiger partial charge in [0.05, 0.1) is 0 Å². The maximum Gasteiger partial charge on any atom is 0.389 e. The molecule has 0 spiro atoms. The molecule has 0 bridgehead atoms. The van der Waals surface area contributed by atoms with Crippen molar-refractivity contribution in [1.82, 2.24) is 5.32 Å². The molecular formula is C13H18F3N. The molecular weight excluding hydrogens is 227 g/mol. The van der Waals surface area contributed by atoms with Gasteiger partial charge in [0.1, 0.15) is 0 Å². The van der Waals surface area contributed by atoms with Crippen LogP contribution in [0.1, 0.15) is 31.9 Å². The summed E-state index contributed by atoms with van der Waals surface area (Å²) < 4.78 is 36.4. The monoisotopic (exact) mass is 245 g/mol. The normalized spacial score (nSPS) is 15.6. The molecule has 0 saturated heterocycles. The standard InChI is InChI=1S/C13H18F3N/c1-10(8-13(14,15)16)9-17-11(2)12-6-4-3-5-7-12/h3-7,10-11,17H,8-9H2,1-2H3. The summed E-state index contributed by atoms with van der Waals surface area (Å²) in [5, 5.41) is 3.12. The quantitative estimate of drug-likeness (QED) is 0.828. The number of rotatable bonds is 5. The van der Waals surface area contributed by atoms with E-state index >= 15 is 0 Å². The van der Waals surface area contributed by atoms with Crippen LogP contribution >= 0.6 is 0 Å². The third-order valence-corrected chi connectivity index (χ3v) is 2.65. The Morgan fingerprint density at radius 3 is 2.24 bits per heavy atom. The summed E-state index contributed by atoms with van der Waals surface area (Å²) in [4.78, 5) is 0. The summed E-state index contributed by atoms with van der Waals surface area (Å²) in [5.74, 6) is -0.402. The second kappa shape index (κ2) is 6.05. The predicted molar refractivity (Wildman–Crippen MR) is 62.7 cm³/mol. The van der Waals surface area contributed by atoms with Crippen molar-refractivity contribution in [2.45, 2.75) is 32.5 Å². The Morgan fingerprint density at radius 2 is 1.71 bits per heavy atom. The van der Waals surface area contributed by atoms with Crippen LogP contribution in [0.15, 0.2) is 30.3 Å². The minimum atomic E-state index is -4.07. The van der Waals surface area contributed by atoms with E-state index in [-0.39, 0.29) is 6.04 Å². The van der Waals surface area contributed by atoms with Gasteiger partial charge in [0, 0.05) is 12.5 Å². The summed E-state index contributed by atoms with van der Waals surface area (Å²) >= 11 is 0. The van der Waals surface area contributed by atoms with Crippen LogP contribution in [-0.2, 0) is 0 Å². The van der Waals surface area contributed by atoms with Crippen LogP contribution < -0.4 is 5.32 Å². The first kappa shape index (κ1) is 14.0. The number of alkyl halides is 3. The first-order valence-corrected chi connectivity index (χ1v) is 5.73. The van der Waals surface area contributed by atoms with Gasteiger partial charge < -0.3 is 5.32 Å². The van der Waals surface area contributed by atoms with Gasteiger partial charge in [-0.1, -0.05) is 37.3 Å². The van der Waals surface area contributed by atoms with E-state index in [0.29, 0.717) is 6.54 Å². The average molecular weight is 245 g/mol. The summed E-state index contributed by atoms with van der Waals surface area (Å²) in [6.07, 6.45) is -4.81. The number of hydrogen-bond donors (Lipinski definition) is 1. The lowest BCUT2D eigenvalue weighted by Gasteiger charge is -2.19. The lowest BCUT2D eigenvalue weighted by atomic mass is 10.1. The molecule has 1 aromatic rings. The summed E-state index contributed by atoms with van der Waals surface area (Å²) in [5.41, 5.74) is 1.09. The molecule has 96 valence electrons. The Kier molecular flexibility index (Phi) is 5.00. The van der Waals surface area contributed by atoms with Crippen molar-refractivity contribution in [1.29, 1.82) is 0 Å². The van der Waals surface area contributed by atoms with Crippen molar-refractivity contribution in [3.05, 3.63) is 35.9 Å². The van der Waals surface area contributed by atoms with E-state index in [1.54, 1.807) is 6.92 Å². The molecule has 0 aliphatic carbocycles. The van der Waals surface area contributed by atoms with Crippen LogP contribution in [0.3, 0.4) is 0 Å². The third kappa shape index (κ3) is 5.73. The number of nitrogens with one attached hydrogen (secondary N) is 1. The Balaban J connectivity index is 2.36. The van der Waals surface area contributed by atoms with Crippen molar-refractivity contribution in [2.75, 3.05) is 6.54 Å². The van der Waals surface area contributed by atoms with Gasteiger partial charge in [-0.15, -0.1) is 0 Å². The van der Waals surface area contributed by atoms with E-state index in [4.69, 9.17) is 0 Å². The molecule has 0 amide bonds. The van der Waals surface area contributed by atoms with Crippen LogP contribution in [0, 0.1) is 5.92 Å². The summed E-state index contributed by atoms with van der Waals surface area (Å²) in [7, 11) is 0. The highest BCUT2D eigenvalue weighted by Gasteiger charge is 2.29. The molecule has 2 atom stereocenters. The fourth-order valence-corrected chi connectivity index (χ4v) is 1.70. The molecule has 0 saturated carbocycles. The number of halogens is 3. The lowest BCUT2D eigenvalue weighted by molar-refractivity contribution is -0.143. The fraction of sp³-hybridized carbons (Fsp3) is 0.538. The summed E-state index contributed by atoms with van der Waals surface area (Å²) in [6.45, 7) is 3.93. The van der Waals surface area contributed by atoms with Crippen molar-refractivity contribution in [2.24, 2.45) is 5.92 Å². The molecule has 0 aliphatic heterocycles. The molecule has 0 fully saturated rings. The first-order valence-electron chi connectivity index (χ1n) is 5.73. The molecule has 1 nitrogen and oxygen atoms in total. The minimum Gasteiger partial charge on any atom is -0.310 e. The van der Waals surface area contributed by atoms with Crippen LogP contribution in [-0.4, -0.2) is 12.7 Å². The van der Waals surface area contributed by atoms with Gasteiger partial charge in [0.2, 0.25) is 0 Å².